The van der Waals surface area contributed by atoms with Crippen LogP contribution in [0.1, 0.15) is 32.6 Å². The van der Waals surface area contributed by atoms with Crippen molar-refractivity contribution in [2.24, 2.45) is 11.3 Å². The third-order valence-electron chi connectivity index (χ3n) is 2.88. The highest BCUT2D eigenvalue weighted by molar-refractivity contribution is 5.75. The molecule has 0 saturated heterocycles. The molecule has 1 aliphatic carbocycles. The van der Waals surface area contributed by atoms with Gasteiger partial charge in [-0.2, -0.15) is 0 Å². The van der Waals surface area contributed by atoms with Crippen molar-refractivity contribution in [1.29, 1.82) is 0 Å². The Labute approximate surface area is 71.8 Å². The number of aliphatic carboxylic acids is 1. The smallest absolute Gasteiger partial charge is 0.309 e. The average Bonchev–Trinajstić information content (AvgIpc) is 2.34. The van der Waals surface area contributed by atoms with Gasteiger partial charge < -0.3 is 5.11 Å². The average molecular weight is 174 g/mol. The molecule has 0 bridgehead atoms. The number of halogens is 1. The Bertz CT molecular complexity index is 177. The van der Waals surface area contributed by atoms with Gasteiger partial charge in [-0.05, 0) is 31.6 Å². The SMILES string of the molecule is CC1CCC(CCF)(C(=O)O)C1. The third-order valence-corrected chi connectivity index (χ3v) is 2.88. The van der Waals surface area contributed by atoms with Crippen LogP contribution in [-0.4, -0.2) is 17.8 Å². The Hall–Kier alpha value is -0.600. The normalized spacial score (nSPS) is 35.3. The van der Waals surface area contributed by atoms with Gasteiger partial charge in [-0.1, -0.05) is 6.92 Å². The number of hydrogen-bond acceptors (Lipinski definition) is 1. The Balaban J connectivity index is 2.67. The second kappa shape index (κ2) is 3.42. The van der Waals surface area contributed by atoms with Crippen LogP contribution in [0.2, 0.25) is 0 Å². The Morgan fingerprint density at radius 2 is 2.42 bits per heavy atom. The number of carboxylic acid groups (broad SMARTS) is 1. The zero-order chi connectivity index (χ0) is 9.19. The number of rotatable bonds is 3. The Kier molecular flexibility index (Phi) is 2.70. The fourth-order valence-electron chi connectivity index (χ4n) is 2.10. The van der Waals surface area contributed by atoms with Crippen LogP contribution in [0.3, 0.4) is 0 Å². The van der Waals surface area contributed by atoms with Gasteiger partial charge in [-0.3, -0.25) is 9.18 Å². The summed E-state index contributed by atoms with van der Waals surface area (Å²) in [5.41, 5.74) is -0.742. The van der Waals surface area contributed by atoms with Gasteiger partial charge in [0.25, 0.3) is 0 Å². The third kappa shape index (κ3) is 1.59. The van der Waals surface area contributed by atoms with Gasteiger partial charge >= 0.3 is 5.97 Å². The summed E-state index contributed by atoms with van der Waals surface area (Å²) in [6.07, 6.45) is 2.40. The maximum atomic E-state index is 12.1. The van der Waals surface area contributed by atoms with Crippen LogP contribution in [-0.2, 0) is 4.79 Å². The summed E-state index contributed by atoms with van der Waals surface area (Å²) < 4.78 is 12.1. The molecule has 0 spiro atoms. The van der Waals surface area contributed by atoms with Gasteiger partial charge in [-0.25, -0.2) is 0 Å². The second-order valence-electron chi connectivity index (χ2n) is 3.87. The van der Waals surface area contributed by atoms with Gasteiger partial charge in [0.1, 0.15) is 0 Å². The maximum Gasteiger partial charge on any atom is 0.309 e. The van der Waals surface area contributed by atoms with Crippen molar-refractivity contribution >= 4 is 5.97 Å². The molecule has 0 aliphatic heterocycles. The van der Waals surface area contributed by atoms with E-state index in [1.54, 1.807) is 0 Å². The zero-order valence-electron chi connectivity index (χ0n) is 7.35. The fraction of sp³-hybridized carbons (Fsp3) is 0.889. The van der Waals surface area contributed by atoms with E-state index in [4.69, 9.17) is 5.11 Å². The van der Waals surface area contributed by atoms with Crippen molar-refractivity contribution in [3.05, 3.63) is 0 Å². The summed E-state index contributed by atoms with van der Waals surface area (Å²) >= 11 is 0. The summed E-state index contributed by atoms with van der Waals surface area (Å²) in [5, 5.41) is 8.95. The molecule has 2 nitrogen and oxygen atoms in total. The highest BCUT2D eigenvalue weighted by Crippen LogP contribution is 2.44. The lowest BCUT2D eigenvalue weighted by atomic mass is 9.82. The first-order valence-corrected chi connectivity index (χ1v) is 4.40. The van der Waals surface area contributed by atoms with Gasteiger partial charge in [-0.15, -0.1) is 0 Å². The first kappa shape index (κ1) is 9.49. The molecule has 70 valence electrons. The molecule has 2 atom stereocenters. The quantitative estimate of drug-likeness (QED) is 0.712. The molecule has 0 aromatic rings. The molecule has 1 saturated carbocycles. The minimum absolute atomic E-state index is 0.187. The number of carboxylic acids is 1. The zero-order valence-corrected chi connectivity index (χ0v) is 7.35. The first-order valence-electron chi connectivity index (χ1n) is 4.40. The van der Waals surface area contributed by atoms with Gasteiger partial charge in [0.2, 0.25) is 0 Å². The van der Waals surface area contributed by atoms with E-state index in [2.05, 4.69) is 0 Å². The van der Waals surface area contributed by atoms with Crippen molar-refractivity contribution in [2.45, 2.75) is 32.6 Å². The maximum absolute atomic E-state index is 12.1. The van der Waals surface area contributed by atoms with Crippen LogP contribution in [0.4, 0.5) is 4.39 Å². The van der Waals surface area contributed by atoms with E-state index >= 15 is 0 Å². The molecule has 1 rings (SSSR count). The highest BCUT2D eigenvalue weighted by atomic mass is 19.1. The van der Waals surface area contributed by atoms with Crippen molar-refractivity contribution < 1.29 is 14.3 Å². The fourth-order valence-corrected chi connectivity index (χ4v) is 2.10. The van der Waals surface area contributed by atoms with Crippen LogP contribution in [0, 0.1) is 11.3 Å². The topological polar surface area (TPSA) is 37.3 Å². The van der Waals surface area contributed by atoms with E-state index in [0.29, 0.717) is 18.8 Å². The summed E-state index contributed by atoms with van der Waals surface area (Å²) in [4.78, 5) is 10.9. The number of hydrogen-bond donors (Lipinski definition) is 1. The molecule has 0 heterocycles. The molecule has 0 aromatic carbocycles. The highest BCUT2D eigenvalue weighted by Gasteiger charge is 2.43. The van der Waals surface area contributed by atoms with Crippen LogP contribution >= 0.6 is 0 Å². The molecule has 0 radical (unpaired) electrons. The number of carbonyl (C=O) groups is 1. The molecule has 1 fully saturated rings. The van der Waals surface area contributed by atoms with Gasteiger partial charge in [0, 0.05) is 0 Å². The van der Waals surface area contributed by atoms with Crippen molar-refractivity contribution in [3.63, 3.8) is 0 Å². The lowest BCUT2D eigenvalue weighted by molar-refractivity contribution is -0.149. The molecule has 0 aromatic heterocycles. The molecule has 0 amide bonds. The molecule has 3 heteroatoms. The van der Waals surface area contributed by atoms with Crippen LogP contribution < -0.4 is 0 Å². The number of alkyl halides is 1. The van der Waals surface area contributed by atoms with Crippen molar-refractivity contribution in [3.8, 4) is 0 Å². The second-order valence-corrected chi connectivity index (χ2v) is 3.87. The minimum atomic E-state index is -0.815. The predicted molar refractivity (Wildman–Crippen MR) is 43.7 cm³/mol. The van der Waals surface area contributed by atoms with E-state index in [1.165, 1.54) is 0 Å². The minimum Gasteiger partial charge on any atom is -0.481 e. The van der Waals surface area contributed by atoms with E-state index in [9.17, 15) is 9.18 Å². The summed E-state index contributed by atoms with van der Waals surface area (Å²) in [6, 6.07) is 0. The Morgan fingerprint density at radius 3 is 2.75 bits per heavy atom. The van der Waals surface area contributed by atoms with E-state index in [-0.39, 0.29) is 6.42 Å². The molecular weight excluding hydrogens is 159 g/mol. The summed E-state index contributed by atoms with van der Waals surface area (Å²) in [5.74, 6) is -0.378. The van der Waals surface area contributed by atoms with Crippen molar-refractivity contribution in [1.82, 2.24) is 0 Å². The van der Waals surface area contributed by atoms with E-state index in [1.807, 2.05) is 6.92 Å². The first-order chi connectivity index (χ1) is 5.60. The van der Waals surface area contributed by atoms with Gasteiger partial charge in [0.15, 0.2) is 0 Å². The largest absolute Gasteiger partial charge is 0.481 e. The molecule has 2 unspecified atom stereocenters. The molecule has 12 heavy (non-hydrogen) atoms. The molecular formula is C9H15FO2. The van der Waals surface area contributed by atoms with Crippen LogP contribution in [0.15, 0.2) is 0 Å². The summed E-state index contributed by atoms with van der Waals surface area (Å²) in [7, 11) is 0. The van der Waals surface area contributed by atoms with Gasteiger partial charge in [0.05, 0.1) is 12.1 Å². The van der Waals surface area contributed by atoms with Crippen molar-refractivity contribution in [2.75, 3.05) is 6.67 Å². The van der Waals surface area contributed by atoms with E-state index in [0.717, 1.165) is 6.42 Å². The van der Waals surface area contributed by atoms with E-state index < -0.39 is 18.1 Å². The monoisotopic (exact) mass is 174 g/mol. The molecule has 1 N–H and O–H groups in total. The predicted octanol–water partition coefficient (Wildman–Crippen LogP) is 2.24. The lowest BCUT2D eigenvalue weighted by Gasteiger charge is -2.22. The standard InChI is InChI=1S/C9H15FO2/c1-7-2-3-9(6-7,4-5-10)8(11)12/h7H,2-6H2,1H3,(H,11,12). The van der Waals surface area contributed by atoms with Crippen LogP contribution in [0.5, 0.6) is 0 Å². The lowest BCUT2D eigenvalue weighted by Crippen LogP contribution is -2.28. The Morgan fingerprint density at radius 1 is 1.75 bits per heavy atom. The summed E-state index contributed by atoms with van der Waals surface area (Å²) in [6.45, 7) is 1.52. The molecule has 1 aliphatic rings. The van der Waals surface area contributed by atoms with Crippen LogP contribution in [0.25, 0.3) is 0 Å².